The highest BCUT2D eigenvalue weighted by molar-refractivity contribution is 6.31. The van der Waals surface area contributed by atoms with E-state index in [9.17, 15) is 4.79 Å². The topological polar surface area (TPSA) is 85.8 Å². The first kappa shape index (κ1) is 14.3. The van der Waals surface area contributed by atoms with Crippen LogP contribution in [0.15, 0.2) is 18.2 Å². The molecule has 20 heavy (non-hydrogen) atoms. The van der Waals surface area contributed by atoms with Gasteiger partial charge in [-0.3, -0.25) is 4.79 Å². The molecule has 0 fully saturated rings. The van der Waals surface area contributed by atoms with Crippen molar-refractivity contribution < 1.29 is 4.79 Å². The van der Waals surface area contributed by atoms with Gasteiger partial charge in [0.05, 0.1) is 17.9 Å². The molecule has 0 atom stereocenters. The molecule has 1 amide bonds. The first-order valence-corrected chi connectivity index (χ1v) is 6.56. The van der Waals surface area contributed by atoms with Crippen molar-refractivity contribution in [2.24, 2.45) is 0 Å². The molecule has 2 rings (SSSR count). The first-order chi connectivity index (χ1) is 9.45. The summed E-state index contributed by atoms with van der Waals surface area (Å²) < 4.78 is 1.70. The summed E-state index contributed by atoms with van der Waals surface area (Å²) in [6.45, 7) is 4.14. The average molecular weight is 294 g/mol. The number of nitrogens with two attached hydrogens (primary N) is 1. The van der Waals surface area contributed by atoms with Crippen molar-refractivity contribution in [1.82, 2.24) is 14.8 Å². The quantitative estimate of drug-likeness (QED) is 0.846. The van der Waals surface area contributed by atoms with Crippen LogP contribution in [0.4, 0.5) is 11.4 Å². The van der Waals surface area contributed by atoms with E-state index in [2.05, 4.69) is 15.4 Å². The summed E-state index contributed by atoms with van der Waals surface area (Å²) in [4.78, 5) is 16.1. The van der Waals surface area contributed by atoms with Crippen molar-refractivity contribution in [3.05, 3.63) is 34.9 Å². The van der Waals surface area contributed by atoms with Gasteiger partial charge in [0, 0.05) is 11.4 Å². The zero-order valence-electron chi connectivity index (χ0n) is 11.4. The van der Waals surface area contributed by atoms with Crippen LogP contribution >= 0.6 is 11.6 Å². The van der Waals surface area contributed by atoms with Gasteiger partial charge in [0.1, 0.15) is 11.6 Å². The smallest absolute Gasteiger partial charge is 0.226 e. The standard InChI is InChI=1S/C13H16ClN5O/c1-8-16-9(2)19(18-8)6-5-13(20)17-12-7-10(14)3-4-11(12)15/h3-4,7H,5-6,15H2,1-2H3,(H,17,20). The number of hydrogen-bond acceptors (Lipinski definition) is 4. The van der Waals surface area contributed by atoms with Crippen LogP contribution in [-0.4, -0.2) is 20.7 Å². The van der Waals surface area contributed by atoms with Crippen LogP contribution in [0.3, 0.4) is 0 Å². The average Bonchev–Trinajstić information content (AvgIpc) is 2.70. The van der Waals surface area contributed by atoms with Gasteiger partial charge in [-0.05, 0) is 32.0 Å². The molecule has 2 aromatic rings. The number of anilines is 2. The number of nitrogens with one attached hydrogen (secondary N) is 1. The van der Waals surface area contributed by atoms with E-state index < -0.39 is 0 Å². The van der Waals surface area contributed by atoms with E-state index in [-0.39, 0.29) is 12.3 Å². The third-order valence-electron chi connectivity index (χ3n) is 2.80. The second-order valence-corrected chi connectivity index (χ2v) is 4.90. The lowest BCUT2D eigenvalue weighted by Gasteiger charge is -2.09. The van der Waals surface area contributed by atoms with E-state index in [4.69, 9.17) is 17.3 Å². The summed E-state index contributed by atoms with van der Waals surface area (Å²) in [6, 6.07) is 4.95. The fourth-order valence-electron chi connectivity index (χ4n) is 1.83. The number of aromatic nitrogens is 3. The molecule has 0 spiro atoms. The molecule has 0 unspecified atom stereocenters. The number of benzene rings is 1. The molecular formula is C13H16ClN5O. The number of aryl methyl sites for hydroxylation is 3. The third-order valence-corrected chi connectivity index (χ3v) is 3.04. The Bertz CT molecular complexity index is 638. The molecule has 0 aliphatic carbocycles. The van der Waals surface area contributed by atoms with Gasteiger partial charge in [0.2, 0.25) is 5.91 Å². The molecule has 0 aliphatic heterocycles. The molecule has 1 aromatic heterocycles. The SMILES string of the molecule is Cc1nc(C)n(CCC(=O)Nc2cc(Cl)ccc2N)n1. The van der Waals surface area contributed by atoms with Crippen LogP contribution in [0.2, 0.25) is 5.02 Å². The molecule has 0 saturated carbocycles. The Morgan fingerprint density at radius 3 is 2.85 bits per heavy atom. The minimum absolute atomic E-state index is 0.147. The minimum atomic E-state index is -0.147. The highest BCUT2D eigenvalue weighted by Gasteiger charge is 2.08. The second kappa shape index (κ2) is 5.92. The van der Waals surface area contributed by atoms with Gasteiger partial charge < -0.3 is 11.1 Å². The number of nitrogen functional groups attached to an aromatic ring is 1. The molecule has 0 saturated heterocycles. The van der Waals surface area contributed by atoms with Gasteiger partial charge in [0.15, 0.2) is 0 Å². The van der Waals surface area contributed by atoms with Gasteiger partial charge in [-0.2, -0.15) is 5.10 Å². The maximum Gasteiger partial charge on any atom is 0.226 e. The Hall–Kier alpha value is -2.08. The zero-order valence-corrected chi connectivity index (χ0v) is 12.1. The number of hydrogen-bond donors (Lipinski definition) is 2. The maximum absolute atomic E-state index is 11.9. The molecule has 6 nitrogen and oxygen atoms in total. The van der Waals surface area contributed by atoms with Gasteiger partial charge in [-0.15, -0.1) is 0 Å². The van der Waals surface area contributed by atoms with Crippen molar-refractivity contribution >= 4 is 28.9 Å². The summed E-state index contributed by atoms with van der Waals surface area (Å²) >= 11 is 5.87. The highest BCUT2D eigenvalue weighted by atomic mass is 35.5. The molecule has 1 heterocycles. The summed E-state index contributed by atoms with van der Waals surface area (Å²) in [6.07, 6.45) is 0.287. The zero-order chi connectivity index (χ0) is 14.7. The summed E-state index contributed by atoms with van der Waals surface area (Å²) in [5.41, 5.74) is 6.78. The Morgan fingerprint density at radius 1 is 1.45 bits per heavy atom. The second-order valence-electron chi connectivity index (χ2n) is 4.46. The van der Waals surface area contributed by atoms with Gasteiger partial charge >= 0.3 is 0 Å². The Morgan fingerprint density at radius 2 is 2.20 bits per heavy atom. The predicted octanol–water partition coefficient (Wildman–Crippen LogP) is 2.16. The van der Waals surface area contributed by atoms with Crippen molar-refractivity contribution in [3.8, 4) is 0 Å². The monoisotopic (exact) mass is 293 g/mol. The van der Waals surface area contributed by atoms with Crippen molar-refractivity contribution in [1.29, 1.82) is 0 Å². The Kier molecular flexibility index (Phi) is 4.24. The number of amides is 1. The Balaban J connectivity index is 1.96. The van der Waals surface area contributed by atoms with Crippen molar-refractivity contribution in [2.45, 2.75) is 26.8 Å². The van der Waals surface area contributed by atoms with E-state index in [0.717, 1.165) is 5.82 Å². The lowest BCUT2D eigenvalue weighted by atomic mass is 10.2. The number of carbonyl (C=O) groups is 1. The fraction of sp³-hybridized carbons (Fsp3) is 0.308. The van der Waals surface area contributed by atoms with E-state index in [0.29, 0.717) is 28.8 Å². The number of nitrogens with zero attached hydrogens (tertiary/aromatic N) is 3. The first-order valence-electron chi connectivity index (χ1n) is 6.18. The van der Waals surface area contributed by atoms with Crippen molar-refractivity contribution in [3.63, 3.8) is 0 Å². The Labute approximate surface area is 121 Å². The van der Waals surface area contributed by atoms with Crippen LogP contribution in [0.5, 0.6) is 0 Å². The van der Waals surface area contributed by atoms with Crippen molar-refractivity contribution in [2.75, 3.05) is 11.1 Å². The molecular weight excluding hydrogens is 278 g/mol. The fourth-order valence-corrected chi connectivity index (χ4v) is 2.00. The summed E-state index contributed by atoms with van der Waals surface area (Å²) in [7, 11) is 0. The molecule has 106 valence electrons. The molecule has 3 N–H and O–H groups in total. The third kappa shape index (κ3) is 3.48. The number of carbonyl (C=O) groups excluding carboxylic acids is 1. The van der Waals surface area contributed by atoms with Gasteiger partial charge in [-0.1, -0.05) is 11.6 Å². The number of rotatable bonds is 4. The van der Waals surface area contributed by atoms with Crippen LogP contribution < -0.4 is 11.1 Å². The highest BCUT2D eigenvalue weighted by Crippen LogP contribution is 2.22. The van der Waals surface area contributed by atoms with Crippen LogP contribution in [0.25, 0.3) is 0 Å². The van der Waals surface area contributed by atoms with Crippen LogP contribution in [0, 0.1) is 13.8 Å². The molecule has 0 radical (unpaired) electrons. The van der Waals surface area contributed by atoms with E-state index in [1.54, 1.807) is 22.9 Å². The maximum atomic E-state index is 11.9. The summed E-state index contributed by atoms with van der Waals surface area (Å²) in [5, 5.41) is 7.46. The van der Waals surface area contributed by atoms with Crippen LogP contribution in [-0.2, 0) is 11.3 Å². The van der Waals surface area contributed by atoms with E-state index >= 15 is 0 Å². The predicted molar refractivity (Wildman–Crippen MR) is 78.6 cm³/mol. The molecule has 7 heteroatoms. The molecule has 0 bridgehead atoms. The summed E-state index contributed by atoms with van der Waals surface area (Å²) in [5.74, 6) is 1.34. The van der Waals surface area contributed by atoms with E-state index in [1.165, 1.54) is 0 Å². The van der Waals surface area contributed by atoms with Gasteiger partial charge in [-0.25, -0.2) is 9.67 Å². The largest absolute Gasteiger partial charge is 0.397 e. The van der Waals surface area contributed by atoms with E-state index in [1.807, 2.05) is 13.8 Å². The van der Waals surface area contributed by atoms with Crippen LogP contribution in [0.1, 0.15) is 18.1 Å². The normalized spacial score (nSPS) is 10.6. The molecule has 0 aliphatic rings. The molecule has 1 aromatic carbocycles. The minimum Gasteiger partial charge on any atom is -0.397 e. The number of halogens is 1. The van der Waals surface area contributed by atoms with Gasteiger partial charge in [0.25, 0.3) is 0 Å². The lowest BCUT2D eigenvalue weighted by Crippen LogP contribution is -2.16. The lowest BCUT2D eigenvalue weighted by molar-refractivity contribution is -0.116.